The Morgan fingerprint density at radius 3 is 2.44 bits per heavy atom. The molecule has 0 spiro atoms. The fourth-order valence-corrected chi connectivity index (χ4v) is 4.81. The van der Waals surface area contributed by atoms with Crippen LogP contribution in [0.4, 0.5) is 0 Å². The molecule has 0 fully saturated rings. The molecule has 0 aliphatic heterocycles. The molecule has 41 heavy (non-hydrogen) atoms. The van der Waals surface area contributed by atoms with Crippen molar-refractivity contribution in [1.82, 2.24) is 14.9 Å². The van der Waals surface area contributed by atoms with Gasteiger partial charge >= 0.3 is 0 Å². The third-order valence-electron chi connectivity index (χ3n) is 6.74. The largest absolute Gasteiger partial charge is 0.490 e. The fourth-order valence-electron chi connectivity index (χ4n) is 4.81. The molecule has 3 rings (SSSR count). The first-order valence-corrected chi connectivity index (χ1v) is 14.2. The number of rotatable bonds is 13. The van der Waals surface area contributed by atoms with Crippen molar-refractivity contribution < 1.29 is 19.4 Å². The number of nitrogens with zero attached hydrogens (tertiary/aromatic N) is 3. The van der Waals surface area contributed by atoms with E-state index in [1.54, 1.807) is 18.2 Å². The number of benzene rings is 2. The first kappa shape index (κ1) is 31.6. The number of carbonyl (C=O) groups is 2. The monoisotopic (exact) mass is 558 g/mol. The second kappa shape index (κ2) is 14.1. The Hall–Kier alpha value is -3.96. The number of hydrogen-bond donors (Lipinski definition) is 2. The SMILES string of the molecule is CC(=O)NCCn1cc(-c2ccc(C[C@@H](CCO)CC(=O)c3ccc(OC(C)C)c(C#N)c3)cc2)nc1C(C)(C)C. The van der Waals surface area contributed by atoms with E-state index in [2.05, 4.69) is 36.7 Å². The number of aliphatic hydroxyl groups is 1. The Kier molecular flexibility index (Phi) is 10.8. The Balaban J connectivity index is 1.73. The summed E-state index contributed by atoms with van der Waals surface area (Å²) in [7, 11) is 0. The van der Waals surface area contributed by atoms with E-state index < -0.39 is 0 Å². The predicted octanol–water partition coefficient (Wildman–Crippen LogP) is 5.46. The lowest BCUT2D eigenvalue weighted by atomic mass is 9.89. The van der Waals surface area contributed by atoms with Crippen molar-refractivity contribution in [3.63, 3.8) is 0 Å². The topological polar surface area (TPSA) is 117 Å². The maximum Gasteiger partial charge on any atom is 0.216 e. The molecule has 1 heterocycles. The normalized spacial score (nSPS) is 12.2. The van der Waals surface area contributed by atoms with Gasteiger partial charge in [0, 0.05) is 55.8 Å². The maximum absolute atomic E-state index is 13.1. The van der Waals surface area contributed by atoms with Crippen molar-refractivity contribution in [3.05, 3.63) is 71.2 Å². The summed E-state index contributed by atoms with van der Waals surface area (Å²) in [5, 5.41) is 22.0. The molecule has 8 heteroatoms. The van der Waals surface area contributed by atoms with Gasteiger partial charge in [-0.05, 0) is 56.4 Å². The average Bonchev–Trinajstić information content (AvgIpc) is 3.34. The third kappa shape index (κ3) is 9.02. The number of ketones is 1. The van der Waals surface area contributed by atoms with E-state index in [9.17, 15) is 20.0 Å². The smallest absolute Gasteiger partial charge is 0.216 e. The number of amides is 1. The summed E-state index contributed by atoms with van der Waals surface area (Å²) in [6, 6.07) is 15.2. The van der Waals surface area contributed by atoms with Crippen molar-refractivity contribution in [2.75, 3.05) is 13.2 Å². The molecule has 8 nitrogen and oxygen atoms in total. The van der Waals surface area contributed by atoms with E-state index in [0.717, 1.165) is 22.6 Å². The van der Waals surface area contributed by atoms with Gasteiger partial charge in [0.15, 0.2) is 5.78 Å². The highest BCUT2D eigenvalue weighted by molar-refractivity contribution is 5.96. The molecule has 1 amide bonds. The van der Waals surface area contributed by atoms with Crippen molar-refractivity contribution in [3.8, 4) is 23.1 Å². The van der Waals surface area contributed by atoms with Crippen LogP contribution >= 0.6 is 0 Å². The van der Waals surface area contributed by atoms with Crippen LogP contribution in [-0.4, -0.2) is 45.6 Å². The standard InChI is InChI=1S/C33H42N4O4/c1-22(2)41-31-12-11-27(19-28(31)20-34)30(40)18-25(13-16-38)17-24-7-9-26(10-8-24)29-21-37(15-14-35-23(3)39)32(36-29)33(4,5)6/h7-12,19,21-22,25,38H,13-18H2,1-6H3,(H,35,39)/t25-/m1/s1. The quantitative estimate of drug-likeness (QED) is 0.269. The van der Waals surface area contributed by atoms with Crippen LogP contribution in [0.2, 0.25) is 0 Å². The van der Waals surface area contributed by atoms with Gasteiger partial charge in [0.1, 0.15) is 17.6 Å². The van der Waals surface area contributed by atoms with Crippen molar-refractivity contribution in [1.29, 1.82) is 5.26 Å². The van der Waals surface area contributed by atoms with Crippen LogP contribution in [0.25, 0.3) is 11.3 Å². The van der Waals surface area contributed by atoms with Crippen LogP contribution in [0, 0.1) is 17.2 Å². The molecule has 218 valence electrons. The second-order valence-corrected chi connectivity index (χ2v) is 11.8. The first-order chi connectivity index (χ1) is 19.4. The molecular formula is C33H42N4O4. The zero-order chi connectivity index (χ0) is 30.2. The van der Waals surface area contributed by atoms with Gasteiger partial charge in [-0.1, -0.05) is 45.0 Å². The van der Waals surface area contributed by atoms with E-state index in [0.29, 0.717) is 42.8 Å². The molecule has 2 aromatic carbocycles. The molecule has 1 atom stereocenters. The number of imidazole rings is 1. The van der Waals surface area contributed by atoms with E-state index in [1.807, 2.05) is 44.3 Å². The lowest BCUT2D eigenvalue weighted by Gasteiger charge is -2.19. The third-order valence-corrected chi connectivity index (χ3v) is 6.74. The van der Waals surface area contributed by atoms with Gasteiger partial charge in [0.05, 0.1) is 17.4 Å². The molecule has 0 saturated carbocycles. The lowest BCUT2D eigenvalue weighted by molar-refractivity contribution is -0.118. The molecule has 0 aliphatic carbocycles. The van der Waals surface area contributed by atoms with Crippen LogP contribution in [0.1, 0.15) is 81.7 Å². The van der Waals surface area contributed by atoms with Crippen LogP contribution in [0.15, 0.2) is 48.7 Å². The van der Waals surface area contributed by atoms with Gasteiger partial charge in [-0.25, -0.2) is 4.98 Å². The van der Waals surface area contributed by atoms with E-state index >= 15 is 0 Å². The molecule has 0 aliphatic rings. The molecule has 0 saturated heterocycles. The summed E-state index contributed by atoms with van der Waals surface area (Å²) in [6.45, 7) is 12.8. The summed E-state index contributed by atoms with van der Waals surface area (Å²) >= 11 is 0. The van der Waals surface area contributed by atoms with Gasteiger partial charge in [0.25, 0.3) is 0 Å². The minimum Gasteiger partial charge on any atom is -0.490 e. The van der Waals surface area contributed by atoms with Gasteiger partial charge in [-0.2, -0.15) is 5.26 Å². The molecule has 0 radical (unpaired) electrons. The minimum atomic E-state index is -0.158. The van der Waals surface area contributed by atoms with Crippen LogP contribution < -0.4 is 10.1 Å². The maximum atomic E-state index is 13.1. The Bertz CT molecular complexity index is 1380. The van der Waals surface area contributed by atoms with E-state index in [1.165, 1.54) is 6.92 Å². The molecule has 0 unspecified atom stereocenters. The molecule has 0 bridgehead atoms. The first-order valence-electron chi connectivity index (χ1n) is 14.2. The van der Waals surface area contributed by atoms with E-state index in [-0.39, 0.29) is 42.2 Å². The summed E-state index contributed by atoms with van der Waals surface area (Å²) in [5.74, 6) is 1.26. The average molecular weight is 559 g/mol. The highest BCUT2D eigenvalue weighted by Crippen LogP contribution is 2.28. The predicted molar refractivity (Wildman–Crippen MR) is 160 cm³/mol. The number of aromatic nitrogens is 2. The zero-order valence-electron chi connectivity index (χ0n) is 25.0. The van der Waals surface area contributed by atoms with Crippen LogP contribution in [0.5, 0.6) is 5.75 Å². The van der Waals surface area contributed by atoms with Gasteiger partial charge < -0.3 is 19.7 Å². The highest BCUT2D eigenvalue weighted by Gasteiger charge is 2.22. The fraction of sp³-hybridized carbons (Fsp3) is 0.455. The molecule has 3 aromatic rings. The minimum absolute atomic E-state index is 0.00779. The van der Waals surface area contributed by atoms with E-state index in [4.69, 9.17) is 9.72 Å². The highest BCUT2D eigenvalue weighted by atomic mass is 16.5. The van der Waals surface area contributed by atoms with Crippen LogP contribution in [-0.2, 0) is 23.2 Å². The second-order valence-electron chi connectivity index (χ2n) is 11.8. The van der Waals surface area contributed by atoms with Gasteiger partial charge in [-0.15, -0.1) is 0 Å². The number of Topliss-reactive ketones (excluding diaryl/α,β-unsaturated/α-hetero) is 1. The van der Waals surface area contributed by atoms with Gasteiger partial charge in [-0.3, -0.25) is 9.59 Å². The lowest BCUT2D eigenvalue weighted by Crippen LogP contribution is -2.27. The number of ether oxygens (including phenoxy) is 1. The van der Waals surface area contributed by atoms with Crippen LogP contribution in [0.3, 0.4) is 0 Å². The summed E-state index contributed by atoms with van der Waals surface area (Å²) in [4.78, 5) is 29.4. The number of nitriles is 1. The van der Waals surface area contributed by atoms with Crippen molar-refractivity contribution in [2.45, 2.75) is 78.9 Å². The Labute approximate surface area is 243 Å². The van der Waals surface area contributed by atoms with Crippen molar-refractivity contribution in [2.24, 2.45) is 5.92 Å². The van der Waals surface area contributed by atoms with Crippen molar-refractivity contribution >= 4 is 11.7 Å². The summed E-state index contributed by atoms with van der Waals surface area (Å²) < 4.78 is 7.77. The molecular weight excluding hydrogens is 516 g/mol. The summed E-state index contributed by atoms with van der Waals surface area (Å²) in [5.41, 5.74) is 3.57. The number of hydrogen-bond acceptors (Lipinski definition) is 6. The number of carbonyl (C=O) groups excluding carboxylic acids is 2. The Morgan fingerprint density at radius 1 is 1.15 bits per heavy atom. The Morgan fingerprint density at radius 2 is 1.85 bits per heavy atom. The van der Waals surface area contributed by atoms with Gasteiger partial charge in [0.2, 0.25) is 5.91 Å². The molecule has 2 N–H and O–H groups in total. The number of aliphatic hydroxyl groups excluding tert-OH is 1. The number of nitrogens with one attached hydrogen (secondary N) is 1. The zero-order valence-corrected chi connectivity index (χ0v) is 25.0. The molecule has 1 aromatic heterocycles. The summed E-state index contributed by atoms with van der Waals surface area (Å²) in [6.07, 6.45) is 3.36.